The molecule has 25 heavy (non-hydrogen) atoms. The monoisotopic (exact) mass is 361 g/mol. The van der Waals surface area contributed by atoms with Crippen molar-refractivity contribution in [2.24, 2.45) is 0 Å². The fraction of sp³-hybridized carbons (Fsp3) is 0.389. The fourth-order valence-electron chi connectivity index (χ4n) is 2.11. The van der Waals surface area contributed by atoms with E-state index in [1.165, 1.54) is 0 Å². The molecule has 0 saturated heterocycles. The molecule has 2 N–H and O–H groups in total. The van der Waals surface area contributed by atoms with E-state index < -0.39 is 11.7 Å². The van der Waals surface area contributed by atoms with Crippen molar-refractivity contribution in [2.45, 2.75) is 33.3 Å². The molecule has 0 saturated carbocycles. The molecule has 2 aromatic rings. The van der Waals surface area contributed by atoms with E-state index in [4.69, 9.17) is 4.74 Å². The Balaban J connectivity index is 1.84. The number of alkyl carbamates (subject to hydrolysis) is 1. The molecule has 0 spiro atoms. The lowest BCUT2D eigenvalue weighted by Crippen LogP contribution is -2.38. The standard InChI is InChI=1S/C18H23N3O3S/c1-12-13(7-8-14(21-12)15-6-5-11-25-15)16(22)19-9-10-20-17(23)24-18(2,3)4/h5-8,11H,9-10H2,1-4H3,(H,19,22)(H,20,23). The Morgan fingerprint density at radius 1 is 1.16 bits per heavy atom. The minimum atomic E-state index is -0.541. The number of carbonyl (C=O) groups excluding carboxylic acids is 2. The van der Waals surface area contributed by atoms with Crippen LogP contribution in [0.2, 0.25) is 0 Å². The largest absolute Gasteiger partial charge is 0.444 e. The number of ether oxygens (including phenoxy) is 1. The van der Waals surface area contributed by atoms with Gasteiger partial charge in [0.05, 0.1) is 21.8 Å². The van der Waals surface area contributed by atoms with Crippen molar-refractivity contribution in [3.63, 3.8) is 0 Å². The van der Waals surface area contributed by atoms with Gasteiger partial charge in [-0.1, -0.05) is 6.07 Å². The van der Waals surface area contributed by atoms with Crippen LogP contribution < -0.4 is 10.6 Å². The second-order valence-corrected chi connectivity index (χ2v) is 7.44. The van der Waals surface area contributed by atoms with E-state index in [0.717, 1.165) is 10.6 Å². The van der Waals surface area contributed by atoms with E-state index in [0.29, 0.717) is 24.3 Å². The van der Waals surface area contributed by atoms with E-state index in [2.05, 4.69) is 15.6 Å². The summed E-state index contributed by atoms with van der Waals surface area (Å²) in [7, 11) is 0. The van der Waals surface area contributed by atoms with Crippen LogP contribution in [0, 0.1) is 6.92 Å². The van der Waals surface area contributed by atoms with Crippen LogP contribution in [0.5, 0.6) is 0 Å². The summed E-state index contributed by atoms with van der Waals surface area (Å²) < 4.78 is 5.13. The molecule has 0 radical (unpaired) electrons. The number of aryl methyl sites for hydroxylation is 1. The molecule has 2 rings (SSSR count). The normalized spacial score (nSPS) is 11.0. The molecule has 0 aliphatic rings. The van der Waals surface area contributed by atoms with E-state index in [1.807, 2.05) is 30.5 Å². The number of aromatic nitrogens is 1. The average molecular weight is 361 g/mol. The van der Waals surface area contributed by atoms with Crippen molar-refractivity contribution in [1.29, 1.82) is 0 Å². The maximum atomic E-state index is 12.2. The quantitative estimate of drug-likeness (QED) is 0.800. The highest BCUT2D eigenvalue weighted by molar-refractivity contribution is 7.13. The maximum absolute atomic E-state index is 12.2. The molecule has 2 heterocycles. The predicted molar refractivity (Wildman–Crippen MR) is 98.9 cm³/mol. The Morgan fingerprint density at radius 3 is 2.48 bits per heavy atom. The molecule has 0 fully saturated rings. The van der Waals surface area contributed by atoms with Gasteiger partial charge >= 0.3 is 6.09 Å². The van der Waals surface area contributed by atoms with Gasteiger partial charge < -0.3 is 15.4 Å². The molecule has 0 unspecified atom stereocenters. The van der Waals surface area contributed by atoms with Crippen LogP contribution in [0.3, 0.4) is 0 Å². The van der Waals surface area contributed by atoms with Gasteiger partial charge in [0.25, 0.3) is 5.91 Å². The first-order chi connectivity index (χ1) is 11.8. The van der Waals surface area contributed by atoms with Crippen molar-refractivity contribution >= 4 is 23.3 Å². The lowest BCUT2D eigenvalue weighted by atomic mass is 10.1. The first-order valence-corrected chi connectivity index (χ1v) is 8.91. The summed E-state index contributed by atoms with van der Waals surface area (Å²) >= 11 is 1.61. The van der Waals surface area contributed by atoms with Gasteiger partial charge in [-0.05, 0) is 51.3 Å². The zero-order chi connectivity index (χ0) is 18.4. The molecule has 7 heteroatoms. The predicted octanol–water partition coefficient (Wildman–Crippen LogP) is 3.37. The Morgan fingerprint density at radius 2 is 1.88 bits per heavy atom. The van der Waals surface area contributed by atoms with E-state index >= 15 is 0 Å². The van der Waals surface area contributed by atoms with Gasteiger partial charge in [-0.25, -0.2) is 4.79 Å². The molecule has 0 aromatic carbocycles. The third kappa shape index (κ3) is 5.86. The molecule has 0 aliphatic carbocycles. The zero-order valence-corrected chi connectivity index (χ0v) is 15.7. The number of pyridine rings is 1. The SMILES string of the molecule is Cc1nc(-c2cccs2)ccc1C(=O)NCCNC(=O)OC(C)(C)C. The molecule has 6 nitrogen and oxygen atoms in total. The van der Waals surface area contributed by atoms with Gasteiger partial charge in [-0.15, -0.1) is 11.3 Å². The average Bonchev–Trinajstić information content (AvgIpc) is 3.04. The van der Waals surface area contributed by atoms with Gasteiger partial charge in [-0.3, -0.25) is 9.78 Å². The van der Waals surface area contributed by atoms with Crippen LogP contribution in [-0.4, -0.2) is 35.7 Å². The maximum Gasteiger partial charge on any atom is 0.407 e. The molecular weight excluding hydrogens is 338 g/mol. The van der Waals surface area contributed by atoms with Crippen LogP contribution in [-0.2, 0) is 4.74 Å². The Kier molecular flexibility index (Phi) is 6.14. The van der Waals surface area contributed by atoms with Crippen LogP contribution in [0.1, 0.15) is 36.8 Å². The topological polar surface area (TPSA) is 80.3 Å². The summed E-state index contributed by atoms with van der Waals surface area (Å²) in [6, 6.07) is 7.57. The number of nitrogens with zero attached hydrogens (tertiary/aromatic N) is 1. The number of rotatable bonds is 5. The third-order valence-electron chi connectivity index (χ3n) is 3.18. The smallest absolute Gasteiger partial charge is 0.407 e. The van der Waals surface area contributed by atoms with Crippen molar-refractivity contribution in [2.75, 3.05) is 13.1 Å². The van der Waals surface area contributed by atoms with Crippen molar-refractivity contribution in [3.05, 3.63) is 40.9 Å². The third-order valence-corrected chi connectivity index (χ3v) is 4.08. The highest BCUT2D eigenvalue weighted by Gasteiger charge is 2.16. The number of thiophene rings is 1. The number of nitrogens with one attached hydrogen (secondary N) is 2. The molecule has 2 aromatic heterocycles. The van der Waals surface area contributed by atoms with Gasteiger partial charge in [-0.2, -0.15) is 0 Å². The highest BCUT2D eigenvalue weighted by atomic mass is 32.1. The lowest BCUT2D eigenvalue weighted by Gasteiger charge is -2.19. The second kappa shape index (κ2) is 8.11. The summed E-state index contributed by atoms with van der Waals surface area (Å²) in [5.41, 5.74) is 1.51. The summed E-state index contributed by atoms with van der Waals surface area (Å²) in [5, 5.41) is 7.35. The van der Waals surface area contributed by atoms with Crippen LogP contribution in [0.4, 0.5) is 4.79 Å². The molecule has 0 atom stereocenters. The Hall–Kier alpha value is -2.41. The minimum absolute atomic E-state index is 0.214. The van der Waals surface area contributed by atoms with E-state index in [1.54, 1.807) is 38.2 Å². The molecule has 0 bridgehead atoms. The first kappa shape index (κ1) is 18.9. The molecule has 0 aliphatic heterocycles. The van der Waals surface area contributed by atoms with Gasteiger partial charge in [0.2, 0.25) is 0 Å². The molecule has 2 amide bonds. The summed E-state index contributed by atoms with van der Waals surface area (Å²) in [4.78, 5) is 29.3. The van der Waals surface area contributed by atoms with E-state index in [9.17, 15) is 9.59 Å². The van der Waals surface area contributed by atoms with Crippen LogP contribution in [0.25, 0.3) is 10.6 Å². The molecule has 134 valence electrons. The lowest BCUT2D eigenvalue weighted by molar-refractivity contribution is 0.0526. The van der Waals surface area contributed by atoms with E-state index in [-0.39, 0.29) is 5.91 Å². The summed E-state index contributed by atoms with van der Waals surface area (Å²) in [6.07, 6.45) is -0.500. The minimum Gasteiger partial charge on any atom is -0.444 e. The Labute approximate surface area is 151 Å². The van der Waals surface area contributed by atoms with Gasteiger partial charge in [0, 0.05) is 13.1 Å². The fourth-order valence-corrected chi connectivity index (χ4v) is 2.81. The first-order valence-electron chi connectivity index (χ1n) is 8.03. The summed E-state index contributed by atoms with van der Waals surface area (Å²) in [6.45, 7) is 7.80. The number of amides is 2. The van der Waals surface area contributed by atoms with Crippen LogP contribution in [0.15, 0.2) is 29.6 Å². The summed E-state index contributed by atoms with van der Waals surface area (Å²) in [5.74, 6) is -0.214. The number of hydrogen-bond acceptors (Lipinski definition) is 5. The number of hydrogen-bond donors (Lipinski definition) is 2. The highest BCUT2D eigenvalue weighted by Crippen LogP contribution is 2.23. The molecular formula is C18H23N3O3S. The van der Waals surface area contributed by atoms with Gasteiger partial charge in [0.1, 0.15) is 5.60 Å². The van der Waals surface area contributed by atoms with Crippen molar-refractivity contribution in [3.8, 4) is 10.6 Å². The van der Waals surface area contributed by atoms with Crippen molar-refractivity contribution in [1.82, 2.24) is 15.6 Å². The zero-order valence-electron chi connectivity index (χ0n) is 14.9. The number of carbonyl (C=O) groups is 2. The Bertz CT molecular complexity index is 737. The van der Waals surface area contributed by atoms with Crippen molar-refractivity contribution < 1.29 is 14.3 Å². The van der Waals surface area contributed by atoms with Crippen LogP contribution >= 0.6 is 11.3 Å². The second-order valence-electron chi connectivity index (χ2n) is 6.49. The van der Waals surface area contributed by atoms with Gasteiger partial charge in [0.15, 0.2) is 0 Å².